The molecule has 0 amide bonds. The second kappa shape index (κ2) is 5.38. The van der Waals surface area contributed by atoms with Crippen molar-refractivity contribution < 1.29 is 23.9 Å². The van der Waals surface area contributed by atoms with Crippen molar-refractivity contribution >= 4 is 5.97 Å². The maximum absolute atomic E-state index is 10.5. The van der Waals surface area contributed by atoms with Gasteiger partial charge in [-0.25, -0.2) is 0 Å². The topological polar surface area (TPSA) is 94.7 Å². The van der Waals surface area contributed by atoms with Gasteiger partial charge in [0.2, 0.25) is 0 Å². The van der Waals surface area contributed by atoms with E-state index in [-0.39, 0.29) is 18.1 Å². The molecule has 2 aromatic rings. The summed E-state index contributed by atoms with van der Waals surface area (Å²) in [4.78, 5) is 14.5. The predicted molar refractivity (Wildman–Crippen MR) is 64.2 cm³/mol. The summed E-state index contributed by atoms with van der Waals surface area (Å²) in [7, 11) is 3.06. The van der Waals surface area contributed by atoms with Gasteiger partial charge in [-0.3, -0.25) is 4.79 Å². The van der Waals surface area contributed by atoms with Crippen LogP contribution in [0.3, 0.4) is 0 Å². The molecule has 0 bridgehead atoms. The Kier molecular flexibility index (Phi) is 3.65. The van der Waals surface area contributed by atoms with E-state index in [1.807, 2.05) is 0 Å². The van der Waals surface area contributed by atoms with Crippen LogP contribution in [0.5, 0.6) is 11.5 Å². The number of carbonyl (C=O) groups is 1. The molecule has 0 saturated carbocycles. The summed E-state index contributed by atoms with van der Waals surface area (Å²) >= 11 is 0. The largest absolute Gasteiger partial charge is 0.493 e. The van der Waals surface area contributed by atoms with Crippen LogP contribution < -0.4 is 9.47 Å². The number of aliphatic carboxylic acids is 1. The van der Waals surface area contributed by atoms with Crippen molar-refractivity contribution in [3.63, 3.8) is 0 Å². The fourth-order valence-electron chi connectivity index (χ4n) is 1.55. The molecule has 0 aliphatic carbocycles. The summed E-state index contributed by atoms with van der Waals surface area (Å²) in [6.07, 6.45) is -0.281. The molecule has 0 unspecified atom stereocenters. The first kappa shape index (κ1) is 12.9. The first-order valence-corrected chi connectivity index (χ1v) is 5.41. The lowest BCUT2D eigenvalue weighted by Crippen LogP contribution is -2.01. The standard InChI is InChI=1S/C12H12N2O5/c1-17-8-4-3-7(5-9(8)18-2)12-13-10(14-19-12)6-11(15)16/h3-5H,6H2,1-2H3,(H,15,16). The van der Waals surface area contributed by atoms with E-state index < -0.39 is 5.97 Å². The van der Waals surface area contributed by atoms with Crippen molar-refractivity contribution in [3.05, 3.63) is 24.0 Å². The van der Waals surface area contributed by atoms with Gasteiger partial charge in [-0.1, -0.05) is 5.16 Å². The molecule has 2 rings (SSSR count). The molecular formula is C12H12N2O5. The Bertz CT molecular complexity index is 594. The molecule has 0 radical (unpaired) electrons. The van der Waals surface area contributed by atoms with Crippen molar-refractivity contribution in [3.8, 4) is 23.0 Å². The van der Waals surface area contributed by atoms with Crippen LogP contribution >= 0.6 is 0 Å². The Hall–Kier alpha value is -2.57. The second-order valence-electron chi connectivity index (χ2n) is 3.66. The van der Waals surface area contributed by atoms with Gasteiger partial charge >= 0.3 is 5.97 Å². The van der Waals surface area contributed by atoms with Gasteiger partial charge in [0.1, 0.15) is 6.42 Å². The number of rotatable bonds is 5. The molecule has 7 heteroatoms. The molecule has 100 valence electrons. The van der Waals surface area contributed by atoms with Crippen molar-refractivity contribution in [2.75, 3.05) is 14.2 Å². The first-order chi connectivity index (χ1) is 9.13. The normalized spacial score (nSPS) is 10.2. The zero-order valence-electron chi connectivity index (χ0n) is 10.4. The number of nitrogens with zero attached hydrogens (tertiary/aromatic N) is 2. The van der Waals surface area contributed by atoms with Crippen LogP contribution in [0.15, 0.2) is 22.7 Å². The summed E-state index contributed by atoms with van der Waals surface area (Å²) in [6, 6.07) is 5.10. The fraction of sp³-hybridized carbons (Fsp3) is 0.250. The van der Waals surface area contributed by atoms with Crippen LogP contribution in [0.25, 0.3) is 11.5 Å². The van der Waals surface area contributed by atoms with Crippen molar-refractivity contribution in [1.29, 1.82) is 0 Å². The van der Waals surface area contributed by atoms with Crippen molar-refractivity contribution in [2.45, 2.75) is 6.42 Å². The summed E-state index contributed by atoms with van der Waals surface area (Å²) in [6.45, 7) is 0. The Balaban J connectivity index is 2.31. The van der Waals surface area contributed by atoms with E-state index in [9.17, 15) is 4.79 Å². The van der Waals surface area contributed by atoms with Gasteiger partial charge in [0.25, 0.3) is 5.89 Å². The van der Waals surface area contributed by atoms with Crippen LogP contribution in [-0.4, -0.2) is 35.4 Å². The lowest BCUT2D eigenvalue weighted by Gasteiger charge is -2.07. The highest BCUT2D eigenvalue weighted by atomic mass is 16.5. The minimum atomic E-state index is -1.01. The van der Waals surface area contributed by atoms with Crippen LogP contribution in [0.1, 0.15) is 5.82 Å². The van der Waals surface area contributed by atoms with Gasteiger partial charge in [0, 0.05) is 5.56 Å². The number of methoxy groups -OCH3 is 2. The molecule has 1 heterocycles. The average molecular weight is 264 g/mol. The number of carboxylic acid groups (broad SMARTS) is 1. The molecule has 1 aromatic carbocycles. The van der Waals surface area contributed by atoms with E-state index in [1.165, 1.54) is 14.2 Å². The molecule has 0 atom stereocenters. The molecule has 19 heavy (non-hydrogen) atoms. The summed E-state index contributed by atoms with van der Waals surface area (Å²) in [5.74, 6) is 0.448. The number of benzene rings is 1. The molecule has 0 aliphatic heterocycles. The van der Waals surface area contributed by atoms with Crippen LogP contribution in [-0.2, 0) is 11.2 Å². The van der Waals surface area contributed by atoms with E-state index in [0.29, 0.717) is 17.1 Å². The smallest absolute Gasteiger partial charge is 0.311 e. The highest BCUT2D eigenvalue weighted by Crippen LogP contribution is 2.31. The van der Waals surface area contributed by atoms with Gasteiger partial charge in [-0.15, -0.1) is 0 Å². The van der Waals surface area contributed by atoms with E-state index in [2.05, 4.69) is 10.1 Å². The Morgan fingerprint density at radius 3 is 2.68 bits per heavy atom. The van der Waals surface area contributed by atoms with Crippen LogP contribution in [0.2, 0.25) is 0 Å². The Morgan fingerprint density at radius 2 is 2.05 bits per heavy atom. The second-order valence-corrected chi connectivity index (χ2v) is 3.66. The third-order valence-electron chi connectivity index (χ3n) is 2.41. The number of hydrogen-bond donors (Lipinski definition) is 1. The molecule has 0 aliphatic rings. The fourth-order valence-corrected chi connectivity index (χ4v) is 1.55. The monoisotopic (exact) mass is 264 g/mol. The van der Waals surface area contributed by atoms with Gasteiger partial charge in [0.15, 0.2) is 17.3 Å². The zero-order chi connectivity index (χ0) is 13.8. The lowest BCUT2D eigenvalue weighted by atomic mass is 10.2. The van der Waals surface area contributed by atoms with Gasteiger partial charge in [-0.2, -0.15) is 4.98 Å². The maximum atomic E-state index is 10.5. The van der Waals surface area contributed by atoms with Gasteiger partial charge in [0.05, 0.1) is 14.2 Å². The summed E-state index contributed by atoms with van der Waals surface area (Å²) in [5.41, 5.74) is 0.627. The van der Waals surface area contributed by atoms with Gasteiger partial charge in [-0.05, 0) is 18.2 Å². The summed E-state index contributed by atoms with van der Waals surface area (Å²) in [5, 5.41) is 12.2. The third kappa shape index (κ3) is 2.82. The Labute approximate surface area is 108 Å². The van der Waals surface area contributed by atoms with E-state index >= 15 is 0 Å². The molecule has 7 nitrogen and oxygen atoms in total. The van der Waals surface area contributed by atoms with Crippen molar-refractivity contribution in [1.82, 2.24) is 10.1 Å². The number of carboxylic acids is 1. The van der Waals surface area contributed by atoms with E-state index in [0.717, 1.165) is 0 Å². The highest BCUT2D eigenvalue weighted by molar-refractivity contribution is 5.69. The number of hydrogen-bond acceptors (Lipinski definition) is 6. The van der Waals surface area contributed by atoms with Crippen LogP contribution in [0, 0.1) is 0 Å². The van der Waals surface area contributed by atoms with E-state index in [4.69, 9.17) is 19.1 Å². The molecule has 0 fully saturated rings. The quantitative estimate of drug-likeness (QED) is 0.871. The van der Waals surface area contributed by atoms with Crippen molar-refractivity contribution in [2.24, 2.45) is 0 Å². The Morgan fingerprint density at radius 1 is 1.32 bits per heavy atom. The first-order valence-electron chi connectivity index (χ1n) is 5.41. The maximum Gasteiger partial charge on any atom is 0.311 e. The highest BCUT2D eigenvalue weighted by Gasteiger charge is 2.13. The predicted octanol–water partition coefficient (Wildman–Crippen LogP) is 1.38. The average Bonchev–Trinajstić information content (AvgIpc) is 2.85. The minimum absolute atomic E-state index is 0.122. The third-order valence-corrected chi connectivity index (χ3v) is 2.41. The minimum Gasteiger partial charge on any atom is -0.493 e. The number of aromatic nitrogens is 2. The van der Waals surface area contributed by atoms with Gasteiger partial charge < -0.3 is 19.1 Å². The van der Waals surface area contributed by atoms with Crippen LogP contribution in [0.4, 0.5) is 0 Å². The zero-order valence-corrected chi connectivity index (χ0v) is 10.4. The molecule has 0 saturated heterocycles. The molecule has 1 N–H and O–H groups in total. The van der Waals surface area contributed by atoms with E-state index in [1.54, 1.807) is 18.2 Å². The molecule has 1 aromatic heterocycles. The molecular weight excluding hydrogens is 252 g/mol. The lowest BCUT2D eigenvalue weighted by molar-refractivity contribution is -0.136. The summed E-state index contributed by atoms with van der Waals surface area (Å²) < 4.78 is 15.3. The number of ether oxygens (including phenoxy) is 2. The SMILES string of the molecule is COc1ccc(-c2nc(CC(=O)O)no2)cc1OC. The molecule has 0 spiro atoms.